The maximum atomic E-state index is 11.3. The first-order valence-electron chi connectivity index (χ1n) is 6.21. The Morgan fingerprint density at radius 3 is 2.75 bits per heavy atom. The molecule has 4 nitrogen and oxygen atoms in total. The maximum absolute atomic E-state index is 11.3. The molecule has 2 aliphatic rings. The van der Waals surface area contributed by atoms with Gasteiger partial charge in [-0.2, -0.15) is 0 Å². The molecule has 2 rings (SSSR count). The number of hydrogen-bond acceptors (Lipinski definition) is 4. The van der Waals surface area contributed by atoms with Crippen molar-refractivity contribution in [3.8, 4) is 0 Å². The number of likely N-dealkylation sites (N-methyl/N-ethyl adjacent to an activating group) is 1. The second-order valence-corrected chi connectivity index (χ2v) is 7.37. The van der Waals surface area contributed by atoms with Crippen molar-refractivity contribution in [1.29, 1.82) is 0 Å². The van der Waals surface area contributed by atoms with Gasteiger partial charge in [0.1, 0.15) is 0 Å². The number of likely N-dealkylation sites (tertiary alicyclic amines) is 1. The van der Waals surface area contributed by atoms with E-state index in [4.69, 9.17) is 0 Å². The molecule has 0 aliphatic carbocycles. The van der Waals surface area contributed by atoms with Crippen molar-refractivity contribution >= 4 is 9.84 Å². The summed E-state index contributed by atoms with van der Waals surface area (Å²) < 4.78 is 22.6. The number of nitrogens with zero attached hydrogens (tertiary/aromatic N) is 1. The molecule has 2 fully saturated rings. The van der Waals surface area contributed by atoms with Crippen molar-refractivity contribution in [2.24, 2.45) is 0 Å². The molecule has 0 aromatic carbocycles. The average molecular weight is 246 g/mol. The van der Waals surface area contributed by atoms with Crippen LogP contribution in [-0.2, 0) is 9.84 Å². The summed E-state index contributed by atoms with van der Waals surface area (Å²) in [6, 6.07) is 0.789. The summed E-state index contributed by atoms with van der Waals surface area (Å²) in [4.78, 5) is 2.39. The van der Waals surface area contributed by atoms with Crippen LogP contribution in [-0.4, -0.2) is 57.0 Å². The fourth-order valence-electron chi connectivity index (χ4n) is 2.66. The molecule has 2 unspecified atom stereocenters. The van der Waals surface area contributed by atoms with E-state index in [9.17, 15) is 8.42 Å². The molecule has 0 spiro atoms. The Balaban J connectivity index is 1.75. The van der Waals surface area contributed by atoms with Crippen molar-refractivity contribution in [3.63, 3.8) is 0 Å². The summed E-state index contributed by atoms with van der Waals surface area (Å²) in [5.41, 5.74) is 0. The van der Waals surface area contributed by atoms with Crippen LogP contribution in [0.5, 0.6) is 0 Å². The average Bonchev–Trinajstić information content (AvgIpc) is 2.57. The molecule has 94 valence electrons. The zero-order valence-electron chi connectivity index (χ0n) is 9.98. The minimum absolute atomic E-state index is 0.195. The van der Waals surface area contributed by atoms with Gasteiger partial charge < -0.3 is 10.2 Å². The van der Waals surface area contributed by atoms with Gasteiger partial charge in [-0.1, -0.05) is 6.42 Å². The Kier molecular flexibility index (Phi) is 3.87. The van der Waals surface area contributed by atoms with Gasteiger partial charge in [0.25, 0.3) is 0 Å². The van der Waals surface area contributed by atoms with Crippen LogP contribution >= 0.6 is 0 Å². The molecule has 5 heteroatoms. The van der Waals surface area contributed by atoms with Gasteiger partial charge in [-0.05, 0) is 32.9 Å². The second kappa shape index (κ2) is 5.02. The molecule has 0 radical (unpaired) electrons. The van der Waals surface area contributed by atoms with E-state index in [-0.39, 0.29) is 6.04 Å². The molecule has 0 aromatic heterocycles. The fraction of sp³-hybridized carbons (Fsp3) is 1.00. The minimum Gasteiger partial charge on any atom is -0.311 e. The Morgan fingerprint density at radius 2 is 2.12 bits per heavy atom. The largest absolute Gasteiger partial charge is 0.311 e. The van der Waals surface area contributed by atoms with E-state index >= 15 is 0 Å². The molecule has 2 saturated heterocycles. The third-order valence-electron chi connectivity index (χ3n) is 3.80. The molecule has 2 atom stereocenters. The maximum Gasteiger partial charge on any atom is 0.151 e. The quantitative estimate of drug-likeness (QED) is 0.775. The number of sulfone groups is 1. The van der Waals surface area contributed by atoms with Crippen LogP contribution in [0.1, 0.15) is 25.7 Å². The van der Waals surface area contributed by atoms with Gasteiger partial charge in [0.15, 0.2) is 9.84 Å². The van der Waals surface area contributed by atoms with Gasteiger partial charge in [0.05, 0.1) is 11.5 Å². The number of hydrogen-bond donors (Lipinski definition) is 1. The van der Waals surface area contributed by atoms with E-state index in [2.05, 4.69) is 17.3 Å². The smallest absolute Gasteiger partial charge is 0.151 e. The van der Waals surface area contributed by atoms with Crippen LogP contribution in [0, 0.1) is 0 Å². The van der Waals surface area contributed by atoms with Gasteiger partial charge in [0, 0.05) is 18.6 Å². The first-order chi connectivity index (χ1) is 7.57. The third kappa shape index (κ3) is 3.18. The highest BCUT2D eigenvalue weighted by molar-refractivity contribution is 7.91. The molecule has 0 bridgehead atoms. The number of piperidine rings is 1. The lowest BCUT2D eigenvalue weighted by Gasteiger charge is -2.33. The molecule has 2 aliphatic heterocycles. The van der Waals surface area contributed by atoms with Crippen LogP contribution in [0.3, 0.4) is 0 Å². The lowest BCUT2D eigenvalue weighted by atomic mass is 10.0. The zero-order valence-corrected chi connectivity index (χ0v) is 10.8. The summed E-state index contributed by atoms with van der Waals surface area (Å²) >= 11 is 0. The molecule has 2 heterocycles. The van der Waals surface area contributed by atoms with Crippen molar-refractivity contribution in [3.05, 3.63) is 0 Å². The lowest BCUT2D eigenvalue weighted by molar-refractivity contribution is 0.179. The number of nitrogens with one attached hydrogen (secondary N) is 1. The zero-order chi connectivity index (χ0) is 11.6. The predicted molar refractivity (Wildman–Crippen MR) is 65.3 cm³/mol. The monoisotopic (exact) mass is 246 g/mol. The van der Waals surface area contributed by atoms with E-state index in [1.54, 1.807) is 0 Å². The number of rotatable bonds is 3. The van der Waals surface area contributed by atoms with Crippen LogP contribution in [0.15, 0.2) is 0 Å². The first kappa shape index (κ1) is 12.3. The Labute approximate surface area is 98.3 Å². The lowest BCUT2D eigenvalue weighted by Crippen LogP contribution is -2.45. The van der Waals surface area contributed by atoms with E-state index in [1.165, 1.54) is 25.8 Å². The summed E-state index contributed by atoms with van der Waals surface area (Å²) in [7, 11) is -0.574. The molecule has 0 amide bonds. The van der Waals surface area contributed by atoms with E-state index in [1.807, 2.05) is 0 Å². The van der Waals surface area contributed by atoms with E-state index in [0.29, 0.717) is 17.5 Å². The SMILES string of the molecule is CN1CCCCC1CNC1CCS(=O)(=O)C1. The summed E-state index contributed by atoms with van der Waals surface area (Å²) in [6.07, 6.45) is 4.63. The van der Waals surface area contributed by atoms with E-state index < -0.39 is 9.84 Å². The highest BCUT2D eigenvalue weighted by Gasteiger charge is 2.28. The molecular weight excluding hydrogens is 224 g/mol. The Morgan fingerprint density at radius 1 is 1.31 bits per heavy atom. The normalized spacial score (nSPS) is 35.3. The Hall–Kier alpha value is -0.130. The molecule has 0 saturated carbocycles. The molecule has 16 heavy (non-hydrogen) atoms. The summed E-state index contributed by atoms with van der Waals surface area (Å²) in [6.45, 7) is 2.12. The topological polar surface area (TPSA) is 49.4 Å². The highest BCUT2D eigenvalue weighted by atomic mass is 32.2. The van der Waals surface area contributed by atoms with Gasteiger partial charge in [-0.25, -0.2) is 8.42 Å². The third-order valence-corrected chi connectivity index (χ3v) is 5.56. The standard InChI is InChI=1S/C11H22N2O2S/c1-13-6-3-2-4-11(13)8-12-10-5-7-16(14,15)9-10/h10-12H,2-9H2,1H3. The van der Waals surface area contributed by atoms with Crippen LogP contribution < -0.4 is 5.32 Å². The molecule has 1 N–H and O–H groups in total. The van der Waals surface area contributed by atoms with Gasteiger partial charge >= 0.3 is 0 Å². The minimum atomic E-state index is -2.74. The summed E-state index contributed by atoms with van der Waals surface area (Å²) in [5, 5.41) is 3.42. The first-order valence-corrected chi connectivity index (χ1v) is 8.03. The fourth-order valence-corrected chi connectivity index (χ4v) is 4.37. The second-order valence-electron chi connectivity index (χ2n) is 5.14. The van der Waals surface area contributed by atoms with Crippen LogP contribution in [0.4, 0.5) is 0 Å². The summed E-state index contributed by atoms with van der Waals surface area (Å²) in [5.74, 6) is 0.703. The highest BCUT2D eigenvalue weighted by Crippen LogP contribution is 2.16. The van der Waals surface area contributed by atoms with Crippen molar-refractivity contribution in [1.82, 2.24) is 10.2 Å². The van der Waals surface area contributed by atoms with Gasteiger partial charge in [-0.15, -0.1) is 0 Å². The molecular formula is C11H22N2O2S. The van der Waals surface area contributed by atoms with E-state index in [0.717, 1.165) is 13.0 Å². The van der Waals surface area contributed by atoms with Gasteiger partial charge in [-0.3, -0.25) is 0 Å². The van der Waals surface area contributed by atoms with Crippen LogP contribution in [0.2, 0.25) is 0 Å². The van der Waals surface area contributed by atoms with Gasteiger partial charge in [0.2, 0.25) is 0 Å². The van der Waals surface area contributed by atoms with Crippen molar-refractivity contribution in [2.45, 2.75) is 37.8 Å². The predicted octanol–water partition coefficient (Wildman–Crippen LogP) is 0.247. The Bertz CT molecular complexity index is 329. The molecule has 0 aromatic rings. The van der Waals surface area contributed by atoms with Crippen molar-refractivity contribution in [2.75, 3.05) is 31.6 Å². The van der Waals surface area contributed by atoms with Crippen molar-refractivity contribution < 1.29 is 8.42 Å². The van der Waals surface area contributed by atoms with Crippen LogP contribution in [0.25, 0.3) is 0 Å².